The van der Waals surface area contributed by atoms with E-state index < -0.39 is 0 Å². The largest absolute Gasteiger partial charge is 0.332 e. The van der Waals surface area contributed by atoms with E-state index in [0.29, 0.717) is 13.1 Å². The number of rotatable bonds is 3. The van der Waals surface area contributed by atoms with Crippen molar-refractivity contribution in [2.24, 2.45) is 12.8 Å². The fourth-order valence-electron chi connectivity index (χ4n) is 1.26. The summed E-state index contributed by atoms with van der Waals surface area (Å²) >= 11 is 0. The molecule has 6 nitrogen and oxygen atoms in total. The van der Waals surface area contributed by atoms with E-state index in [1.54, 1.807) is 17.2 Å². The van der Waals surface area contributed by atoms with Crippen molar-refractivity contribution in [3.63, 3.8) is 0 Å². The molecule has 2 heterocycles. The number of aromatic nitrogens is 5. The van der Waals surface area contributed by atoms with Gasteiger partial charge in [-0.25, -0.2) is 4.98 Å². The van der Waals surface area contributed by atoms with Crippen LogP contribution in [0.2, 0.25) is 0 Å². The van der Waals surface area contributed by atoms with Crippen LogP contribution in [0.15, 0.2) is 18.7 Å². The molecule has 0 amide bonds. The Bertz CT molecular complexity index is 415. The van der Waals surface area contributed by atoms with Gasteiger partial charge in [0.05, 0.1) is 31.0 Å². The van der Waals surface area contributed by atoms with Crippen LogP contribution in [0.25, 0.3) is 11.4 Å². The highest BCUT2D eigenvalue weighted by molar-refractivity contribution is 5.51. The number of nitrogens with two attached hydrogens (primary N) is 1. The fourth-order valence-corrected chi connectivity index (χ4v) is 1.26. The summed E-state index contributed by atoms with van der Waals surface area (Å²) in [5.74, 6) is 0. The molecule has 14 heavy (non-hydrogen) atoms. The van der Waals surface area contributed by atoms with Crippen LogP contribution in [-0.2, 0) is 13.6 Å². The first kappa shape index (κ1) is 8.89. The lowest BCUT2D eigenvalue weighted by molar-refractivity contribution is 0.598. The van der Waals surface area contributed by atoms with Crippen LogP contribution in [-0.4, -0.2) is 31.1 Å². The highest BCUT2D eigenvalue weighted by Crippen LogP contribution is 2.13. The normalized spacial score (nSPS) is 10.7. The molecular weight excluding hydrogens is 180 g/mol. The van der Waals surface area contributed by atoms with E-state index in [-0.39, 0.29) is 0 Å². The van der Waals surface area contributed by atoms with Gasteiger partial charge in [0.2, 0.25) is 0 Å². The Morgan fingerprint density at radius 2 is 2.36 bits per heavy atom. The van der Waals surface area contributed by atoms with Crippen LogP contribution < -0.4 is 5.73 Å². The molecule has 0 atom stereocenters. The molecule has 0 unspecified atom stereocenters. The van der Waals surface area contributed by atoms with Crippen molar-refractivity contribution in [2.45, 2.75) is 6.54 Å². The Balaban J connectivity index is 2.29. The third-order valence-corrected chi connectivity index (χ3v) is 1.98. The highest BCUT2D eigenvalue weighted by atomic mass is 15.4. The smallest absolute Gasteiger partial charge is 0.131 e. The lowest BCUT2D eigenvalue weighted by Gasteiger charge is -1.95. The zero-order chi connectivity index (χ0) is 9.97. The summed E-state index contributed by atoms with van der Waals surface area (Å²) in [5.41, 5.74) is 7.18. The minimum atomic E-state index is 0.564. The second-order valence-corrected chi connectivity index (χ2v) is 3.05. The topological polar surface area (TPSA) is 74.5 Å². The van der Waals surface area contributed by atoms with E-state index >= 15 is 0 Å². The van der Waals surface area contributed by atoms with Crippen molar-refractivity contribution in [2.75, 3.05) is 6.54 Å². The van der Waals surface area contributed by atoms with Crippen LogP contribution >= 0.6 is 0 Å². The third kappa shape index (κ3) is 1.51. The Morgan fingerprint density at radius 3 is 3.00 bits per heavy atom. The van der Waals surface area contributed by atoms with Crippen molar-refractivity contribution >= 4 is 0 Å². The van der Waals surface area contributed by atoms with Crippen LogP contribution in [0.4, 0.5) is 0 Å². The first-order valence-corrected chi connectivity index (χ1v) is 4.38. The SMILES string of the molecule is Cn1cncc1-c1cn(CCN)nn1. The Kier molecular flexibility index (Phi) is 2.28. The molecule has 0 aliphatic rings. The summed E-state index contributed by atoms with van der Waals surface area (Å²) in [4.78, 5) is 4.01. The van der Waals surface area contributed by atoms with Gasteiger partial charge in [-0.3, -0.25) is 4.68 Å². The molecule has 2 N–H and O–H groups in total. The number of hydrogen-bond acceptors (Lipinski definition) is 4. The average molecular weight is 192 g/mol. The maximum absolute atomic E-state index is 5.41. The maximum Gasteiger partial charge on any atom is 0.131 e. The Morgan fingerprint density at radius 1 is 1.50 bits per heavy atom. The zero-order valence-electron chi connectivity index (χ0n) is 7.96. The molecule has 0 saturated carbocycles. The van der Waals surface area contributed by atoms with E-state index in [1.165, 1.54) is 0 Å². The third-order valence-electron chi connectivity index (χ3n) is 1.98. The van der Waals surface area contributed by atoms with Crippen LogP contribution in [0.3, 0.4) is 0 Å². The van der Waals surface area contributed by atoms with Crippen molar-refractivity contribution in [1.29, 1.82) is 0 Å². The molecule has 2 aromatic heterocycles. The van der Waals surface area contributed by atoms with Crippen molar-refractivity contribution in [1.82, 2.24) is 24.5 Å². The summed E-state index contributed by atoms with van der Waals surface area (Å²) < 4.78 is 3.62. The number of hydrogen-bond donors (Lipinski definition) is 1. The van der Waals surface area contributed by atoms with Gasteiger partial charge < -0.3 is 10.3 Å². The molecule has 0 aliphatic carbocycles. The monoisotopic (exact) mass is 192 g/mol. The lowest BCUT2D eigenvalue weighted by Crippen LogP contribution is -2.10. The van der Waals surface area contributed by atoms with Crippen molar-refractivity contribution in [3.8, 4) is 11.4 Å². The maximum atomic E-state index is 5.41. The first-order chi connectivity index (χ1) is 6.81. The van der Waals surface area contributed by atoms with Crippen LogP contribution in [0, 0.1) is 0 Å². The predicted octanol–water partition coefficient (Wildman–Crippen LogP) is -0.363. The molecular formula is C8H12N6. The Labute approximate surface area is 81.4 Å². The van der Waals surface area contributed by atoms with Gasteiger partial charge in [-0.2, -0.15) is 0 Å². The first-order valence-electron chi connectivity index (χ1n) is 4.38. The molecule has 0 saturated heterocycles. The van der Waals surface area contributed by atoms with E-state index in [9.17, 15) is 0 Å². The summed E-state index contributed by atoms with van der Waals surface area (Å²) in [7, 11) is 1.92. The summed E-state index contributed by atoms with van der Waals surface area (Å²) in [6.45, 7) is 1.25. The molecule has 74 valence electrons. The van der Waals surface area contributed by atoms with Gasteiger partial charge in [-0.15, -0.1) is 5.10 Å². The standard InChI is InChI=1S/C8H12N6/c1-13-6-10-4-8(13)7-5-14(3-2-9)12-11-7/h4-6H,2-3,9H2,1H3. The molecule has 2 rings (SSSR count). The lowest BCUT2D eigenvalue weighted by atomic mass is 10.3. The van der Waals surface area contributed by atoms with Crippen molar-refractivity contribution < 1.29 is 0 Å². The van der Waals surface area contributed by atoms with Gasteiger partial charge in [-0.1, -0.05) is 5.21 Å². The molecule has 6 heteroatoms. The van der Waals surface area contributed by atoms with Gasteiger partial charge in [0.1, 0.15) is 5.69 Å². The van der Waals surface area contributed by atoms with Gasteiger partial charge in [0.25, 0.3) is 0 Å². The fraction of sp³-hybridized carbons (Fsp3) is 0.375. The summed E-state index contributed by atoms with van der Waals surface area (Å²) in [5, 5.41) is 7.98. The molecule has 0 aliphatic heterocycles. The van der Waals surface area contributed by atoms with Crippen LogP contribution in [0.5, 0.6) is 0 Å². The summed E-state index contributed by atoms with van der Waals surface area (Å²) in [6, 6.07) is 0. The van der Waals surface area contributed by atoms with E-state index in [1.807, 2.05) is 17.8 Å². The van der Waals surface area contributed by atoms with Crippen LogP contribution in [0.1, 0.15) is 0 Å². The van der Waals surface area contributed by atoms with Gasteiger partial charge in [-0.05, 0) is 0 Å². The molecule has 0 aromatic carbocycles. The minimum absolute atomic E-state index is 0.564. The number of imidazole rings is 1. The van der Waals surface area contributed by atoms with Crippen molar-refractivity contribution in [3.05, 3.63) is 18.7 Å². The molecule has 0 bridgehead atoms. The molecule has 0 fully saturated rings. The second kappa shape index (κ2) is 3.59. The van der Waals surface area contributed by atoms with Gasteiger partial charge in [0.15, 0.2) is 0 Å². The highest BCUT2D eigenvalue weighted by Gasteiger charge is 2.06. The minimum Gasteiger partial charge on any atom is -0.332 e. The molecule has 0 radical (unpaired) electrons. The van der Waals surface area contributed by atoms with E-state index in [0.717, 1.165) is 11.4 Å². The van der Waals surface area contributed by atoms with Gasteiger partial charge in [0, 0.05) is 13.6 Å². The molecule has 0 spiro atoms. The average Bonchev–Trinajstić information content (AvgIpc) is 2.74. The zero-order valence-corrected chi connectivity index (χ0v) is 7.96. The number of nitrogens with zero attached hydrogens (tertiary/aromatic N) is 5. The molecule has 2 aromatic rings. The summed E-state index contributed by atoms with van der Waals surface area (Å²) in [6.07, 6.45) is 5.36. The Hall–Kier alpha value is -1.69. The van der Waals surface area contributed by atoms with Gasteiger partial charge >= 0.3 is 0 Å². The van der Waals surface area contributed by atoms with E-state index in [2.05, 4.69) is 15.3 Å². The van der Waals surface area contributed by atoms with E-state index in [4.69, 9.17) is 5.73 Å². The predicted molar refractivity (Wildman–Crippen MR) is 51.3 cm³/mol. The quantitative estimate of drug-likeness (QED) is 0.720. The second-order valence-electron chi connectivity index (χ2n) is 3.05. The number of aryl methyl sites for hydroxylation is 1.